The average Bonchev–Trinajstić information content (AvgIpc) is 2.21. The summed E-state index contributed by atoms with van der Waals surface area (Å²) in [4.78, 5) is 10.8. The van der Waals surface area contributed by atoms with Gasteiger partial charge in [-0.2, -0.15) is 0 Å². The van der Waals surface area contributed by atoms with Gasteiger partial charge in [0.15, 0.2) is 5.78 Å². The molecular formula is C10H10Cl2O3. The van der Waals surface area contributed by atoms with Gasteiger partial charge in [-0.05, 0) is 18.2 Å². The zero-order valence-corrected chi connectivity index (χ0v) is 9.38. The number of carbonyl (C=O) groups excluding carboxylic acids is 1. The second kappa shape index (κ2) is 5.95. The number of ether oxygens (including phenoxy) is 1. The molecule has 1 N–H and O–H groups in total. The number of aliphatic hydroxyl groups is 1. The third kappa shape index (κ3) is 4.08. The first-order valence-electron chi connectivity index (χ1n) is 4.34. The molecule has 0 fully saturated rings. The molecule has 82 valence electrons. The molecule has 0 unspecified atom stereocenters. The lowest BCUT2D eigenvalue weighted by Crippen LogP contribution is -2.09. The molecule has 0 aliphatic heterocycles. The highest BCUT2D eigenvalue weighted by atomic mass is 35.5. The smallest absolute Gasteiger partial charge is 0.161 e. The monoisotopic (exact) mass is 248 g/mol. The summed E-state index contributed by atoms with van der Waals surface area (Å²) < 4.78 is 5.24. The molecule has 0 aliphatic carbocycles. The molecule has 0 radical (unpaired) electrons. The summed E-state index contributed by atoms with van der Waals surface area (Å²) in [5.74, 6) is 0.215. The van der Waals surface area contributed by atoms with E-state index in [1.54, 1.807) is 18.2 Å². The summed E-state index contributed by atoms with van der Waals surface area (Å²) in [5, 5.41) is 9.40. The molecule has 5 heteroatoms. The normalized spacial score (nSPS) is 10.1. The summed E-state index contributed by atoms with van der Waals surface area (Å²) in [5.41, 5.74) is 0. The fraction of sp³-hybridized carbons (Fsp3) is 0.300. The van der Waals surface area contributed by atoms with Crippen LogP contribution in [-0.4, -0.2) is 24.1 Å². The zero-order valence-electron chi connectivity index (χ0n) is 7.87. The Kier molecular flexibility index (Phi) is 4.88. The van der Waals surface area contributed by atoms with Crippen molar-refractivity contribution in [2.45, 2.75) is 6.42 Å². The minimum absolute atomic E-state index is 0.162. The van der Waals surface area contributed by atoms with Crippen molar-refractivity contribution >= 4 is 29.0 Å². The summed E-state index contributed by atoms with van der Waals surface area (Å²) >= 11 is 11.5. The van der Waals surface area contributed by atoms with Crippen LogP contribution >= 0.6 is 23.2 Å². The number of ketones is 1. The molecule has 0 spiro atoms. The predicted molar refractivity (Wildman–Crippen MR) is 58.7 cm³/mol. The average molecular weight is 249 g/mol. The van der Waals surface area contributed by atoms with Crippen LogP contribution in [0.4, 0.5) is 0 Å². The van der Waals surface area contributed by atoms with E-state index in [1.165, 1.54) is 0 Å². The van der Waals surface area contributed by atoms with Gasteiger partial charge in [0.1, 0.15) is 12.4 Å². The number of halogens is 2. The van der Waals surface area contributed by atoms with E-state index in [0.29, 0.717) is 15.8 Å². The van der Waals surface area contributed by atoms with Crippen molar-refractivity contribution in [3.63, 3.8) is 0 Å². The van der Waals surface area contributed by atoms with Crippen LogP contribution in [0.25, 0.3) is 0 Å². The minimum atomic E-state index is -0.461. The van der Waals surface area contributed by atoms with Crippen LogP contribution in [0, 0.1) is 0 Å². The molecule has 1 rings (SSSR count). The number of Topliss-reactive ketones (excluding diaryl/α,β-unsaturated/α-hetero) is 1. The van der Waals surface area contributed by atoms with Gasteiger partial charge in [0.25, 0.3) is 0 Å². The summed E-state index contributed by atoms with van der Waals surface area (Å²) in [6.07, 6.45) is 0.162. The van der Waals surface area contributed by atoms with E-state index in [4.69, 9.17) is 33.0 Å². The molecule has 0 aliphatic rings. The Morgan fingerprint density at radius 3 is 2.73 bits per heavy atom. The summed E-state index contributed by atoms with van der Waals surface area (Å²) in [6, 6.07) is 4.84. The number of hydrogen-bond acceptors (Lipinski definition) is 3. The molecule has 15 heavy (non-hydrogen) atoms. The van der Waals surface area contributed by atoms with E-state index in [-0.39, 0.29) is 18.8 Å². The van der Waals surface area contributed by atoms with Crippen molar-refractivity contribution in [2.75, 3.05) is 13.2 Å². The lowest BCUT2D eigenvalue weighted by atomic mass is 10.3. The van der Waals surface area contributed by atoms with Gasteiger partial charge < -0.3 is 9.84 Å². The van der Waals surface area contributed by atoms with Crippen molar-refractivity contribution in [3.05, 3.63) is 28.2 Å². The largest absolute Gasteiger partial charge is 0.492 e. The van der Waals surface area contributed by atoms with Crippen molar-refractivity contribution in [1.82, 2.24) is 0 Å². The molecule has 0 aromatic heterocycles. The number of aliphatic hydroxyl groups excluding tert-OH is 1. The van der Waals surface area contributed by atoms with Gasteiger partial charge in [0, 0.05) is 11.4 Å². The second-order valence-electron chi connectivity index (χ2n) is 2.87. The number of rotatable bonds is 5. The third-order valence-corrected chi connectivity index (χ3v) is 2.24. The lowest BCUT2D eigenvalue weighted by molar-refractivity contribution is -0.122. The van der Waals surface area contributed by atoms with Crippen LogP contribution < -0.4 is 4.74 Å². The molecule has 1 aromatic carbocycles. The van der Waals surface area contributed by atoms with E-state index in [0.717, 1.165) is 0 Å². The maximum atomic E-state index is 10.8. The SMILES string of the molecule is O=C(CO)CCOc1ccc(Cl)cc1Cl. The molecule has 1 aromatic rings. The second-order valence-corrected chi connectivity index (χ2v) is 3.71. The Balaban J connectivity index is 2.47. The van der Waals surface area contributed by atoms with E-state index in [1.807, 2.05) is 0 Å². The standard InChI is InChI=1S/C10H10Cl2O3/c11-7-1-2-10(9(12)5-7)15-4-3-8(14)6-13/h1-2,5,13H,3-4,6H2. The van der Waals surface area contributed by atoms with Crippen LogP contribution in [0.1, 0.15) is 6.42 Å². The molecule has 0 saturated carbocycles. The Hall–Kier alpha value is -0.770. The van der Waals surface area contributed by atoms with Crippen LogP contribution in [-0.2, 0) is 4.79 Å². The van der Waals surface area contributed by atoms with Gasteiger partial charge in [-0.1, -0.05) is 23.2 Å². The van der Waals surface area contributed by atoms with Gasteiger partial charge in [0.2, 0.25) is 0 Å². The number of carbonyl (C=O) groups is 1. The number of hydrogen-bond donors (Lipinski definition) is 1. The highest BCUT2D eigenvalue weighted by Crippen LogP contribution is 2.27. The van der Waals surface area contributed by atoms with E-state index < -0.39 is 6.61 Å². The van der Waals surface area contributed by atoms with Crippen molar-refractivity contribution in [2.24, 2.45) is 0 Å². The number of benzene rings is 1. The van der Waals surface area contributed by atoms with Crippen LogP contribution in [0.2, 0.25) is 10.0 Å². The van der Waals surface area contributed by atoms with Crippen molar-refractivity contribution < 1.29 is 14.6 Å². The van der Waals surface area contributed by atoms with E-state index in [2.05, 4.69) is 0 Å². The zero-order chi connectivity index (χ0) is 11.3. The molecule has 0 atom stereocenters. The van der Waals surface area contributed by atoms with Crippen LogP contribution in [0.3, 0.4) is 0 Å². The topological polar surface area (TPSA) is 46.5 Å². The first kappa shape index (κ1) is 12.3. The van der Waals surface area contributed by atoms with E-state index in [9.17, 15) is 4.79 Å². The Morgan fingerprint density at radius 1 is 1.40 bits per heavy atom. The van der Waals surface area contributed by atoms with Gasteiger partial charge in [-0.3, -0.25) is 4.79 Å². The highest BCUT2D eigenvalue weighted by Gasteiger charge is 2.04. The first-order valence-corrected chi connectivity index (χ1v) is 5.09. The third-order valence-electron chi connectivity index (χ3n) is 1.71. The molecule has 0 heterocycles. The fourth-order valence-corrected chi connectivity index (χ4v) is 1.41. The van der Waals surface area contributed by atoms with Crippen molar-refractivity contribution in [3.8, 4) is 5.75 Å². The molecule has 0 amide bonds. The molecule has 0 bridgehead atoms. The fourth-order valence-electron chi connectivity index (χ4n) is 0.946. The molecule has 0 saturated heterocycles. The maximum absolute atomic E-state index is 10.8. The lowest BCUT2D eigenvalue weighted by Gasteiger charge is -2.06. The highest BCUT2D eigenvalue weighted by molar-refractivity contribution is 6.35. The predicted octanol–water partition coefficient (Wildman–Crippen LogP) is 2.32. The van der Waals surface area contributed by atoms with Gasteiger partial charge in [-0.25, -0.2) is 0 Å². The van der Waals surface area contributed by atoms with Gasteiger partial charge >= 0.3 is 0 Å². The minimum Gasteiger partial charge on any atom is -0.492 e. The van der Waals surface area contributed by atoms with E-state index >= 15 is 0 Å². The molecule has 3 nitrogen and oxygen atoms in total. The van der Waals surface area contributed by atoms with Gasteiger partial charge in [-0.15, -0.1) is 0 Å². The summed E-state index contributed by atoms with van der Waals surface area (Å²) in [7, 11) is 0. The molecular weight excluding hydrogens is 239 g/mol. The first-order chi connectivity index (χ1) is 7.13. The van der Waals surface area contributed by atoms with Crippen LogP contribution in [0.5, 0.6) is 5.75 Å². The summed E-state index contributed by atoms with van der Waals surface area (Å²) in [6.45, 7) is -0.265. The van der Waals surface area contributed by atoms with Gasteiger partial charge in [0.05, 0.1) is 11.6 Å². The van der Waals surface area contributed by atoms with Crippen molar-refractivity contribution in [1.29, 1.82) is 0 Å². The Labute approximate surface area is 97.6 Å². The Bertz CT molecular complexity index is 353. The van der Waals surface area contributed by atoms with Crippen LogP contribution in [0.15, 0.2) is 18.2 Å². The Morgan fingerprint density at radius 2 is 2.13 bits per heavy atom. The maximum Gasteiger partial charge on any atom is 0.161 e. The quantitative estimate of drug-likeness (QED) is 0.871.